The Balaban J connectivity index is 2.26. The van der Waals surface area contributed by atoms with Gasteiger partial charge >= 0.3 is 6.08 Å². The van der Waals surface area contributed by atoms with Crippen LogP contribution in [0.15, 0.2) is 27.7 Å². The third kappa shape index (κ3) is 3.49. The van der Waals surface area contributed by atoms with Crippen LogP contribution in [0.2, 0.25) is 0 Å². The second kappa shape index (κ2) is 4.90. The molecule has 0 N–H and O–H groups in total. The molecule has 1 heterocycles. The molecule has 0 amide bonds. The van der Waals surface area contributed by atoms with Gasteiger partial charge in [0.1, 0.15) is 6.20 Å². The number of aromatic nitrogens is 2. The average Bonchev–Trinajstić information content (AvgIpc) is 2.56. The molecule has 0 aliphatic rings. The second-order valence-corrected chi connectivity index (χ2v) is 3.10. The SMILES string of the molecule is FC(F)=C(F)CCSc1cnno1. The third-order valence-corrected chi connectivity index (χ3v) is 1.98. The number of thioether (sulfide) groups is 1. The van der Waals surface area contributed by atoms with Crippen LogP contribution in [0.5, 0.6) is 0 Å². The van der Waals surface area contributed by atoms with E-state index in [1.165, 1.54) is 6.20 Å². The maximum Gasteiger partial charge on any atom is 0.301 e. The fourth-order valence-corrected chi connectivity index (χ4v) is 1.25. The first-order valence-electron chi connectivity index (χ1n) is 3.30. The summed E-state index contributed by atoms with van der Waals surface area (Å²) in [4.78, 5) is 0. The van der Waals surface area contributed by atoms with Gasteiger partial charge in [0, 0.05) is 17.4 Å². The van der Waals surface area contributed by atoms with Crippen LogP contribution in [0, 0.1) is 0 Å². The van der Waals surface area contributed by atoms with E-state index in [2.05, 4.69) is 14.9 Å². The van der Waals surface area contributed by atoms with Crippen molar-refractivity contribution in [3.05, 3.63) is 18.1 Å². The van der Waals surface area contributed by atoms with Crippen LogP contribution in [0.1, 0.15) is 6.42 Å². The summed E-state index contributed by atoms with van der Waals surface area (Å²) in [6, 6.07) is 0. The number of nitrogens with zero attached hydrogens (tertiary/aromatic N) is 2. The van der Waals surface area contributed by atoms with Gasteiger partial charge in [0.2, 0.25) is 5.09 Å². The first-order valence-corrected chi connectivity index (χ1v) is 4.28. The van der Waals surface area contributed by atoms with Crippen LogP contribution in [0.3, 0.4) is 0 Å². The van der Waals surface area contributed by atoms with Crippen molar-refractivity contribution in [3.8, 4) is 0 Å². The number of hydrogen-bond acceptors (Lipinski definition) is 4. The van der Waals surface area contributed by atoms with E-state index in [0.29, 0.717) is 5.09 Å². The van der Waals surface area contributed by atoms with Gasteiger partial charge in [-0.05, 0) is 0 Å². The quantitative estimate of drug-likeness (QED) is 0.716. The van der Waals surface area contributed by atoms with Crippen molar-refractivity contribution in [2.24, 2.45) is 0 Å². The largest absolute Gasteiger partial charge is 0.330 e. The zero-order valence-corrected chi connectivity index (χ0v) is 7.15. The van der Waals surface area contributed by atoms with Gasteiger partial charge in [-0.15, -0.1) is 5.10 Å². The van der Waals surface area contributed by atoms with E-state index in [4.69, 9.17) is 0 Å². The smallest absolute Gasteiger partial charge is 0.301 e. The Bertz CT molecular complexity index is 284. The van der Waals surface area contributed by atoms with Gasteiger partial charge in [-0.2, -0.15) is 8.78 Å². The molecule has 1 aromatic rings. The highest BCUT2D eigenvalue weighted by Crippen LogP contribution is 2.21. The van der Waals surface area contributed by atoms with Crippen LogP contribution in [-0.4, -0.2) is 16.1 Å². The molecule has 0 saturated heterocycles. The van der Waals surface area contributed by atoms with Crippen molar-refractivity contribution in [2.45, 2.75) is 11.5 Å². The predicted molar refractivity (Wildman–Crippen MR) is 40.0 cm³/mol. The van der Waals surface area contributed by atoms with E-state index in [0.717, 1.165) is 11.8 Å². The van der Waals surface area contributed by atoms with Crippen molar-refractivity contribution in [1.82, 2.24) is 10.4 Å². The molecule has 0 radical (unpaired) electrons. The summed E-state index contributed by atoms with van der Waals surface area (Å²) in [7, 11) is 0. The Hall–Kier alpha value is -0.980. The van der Waals surface area contributed by atoms with Gasteiger partial charge in [0.05, 0.1) is 0 Å². The Morgan fingerprint density at radius 1 is 1.46 bits per heavy atom. The maximum absolute atomic E-state index is 12.2. The summed E-state index contributed by atoms with van der Waals surface area (Å²) in [6.45, 7) is 0. The van der Waals surface area contributed by atoms with Crippen LogP contribution in [-0.2, 0) is 0 Å². The molecule has 0 aromatic carbocycles. The molecule has 0 unspecified atom stereocenters. The van der Waals surface area contributed by atoms with E-state index >= 15 is 0 Å². The van der Waals surface area contributed by atoms with Crippen LogP contribution >= 0.6 is 11.8 Å². The van der Waals surface area contributed by atoms with Gasteiger partial charge < -0.3 is 4.52 Å². The fourth-order valence-electron chi connectivity index (χ4n) is 0.557. The van der Waals surface area contributed by atoms with Crippen molar-refractivity contribution in [2.75, 3.05) is 5.75 Å². The molecular formula is C6H5F3N2OS. The lowest BCUT2D eigenvalue weighted by atomic mass is 10.4. The number of halogens is 3. The average molecular weight is 210 g/mol. The molecular weight excluding hydrogens is 205 g/mol. The number of rotatable bonds is 4. The summed E-state index contributed by atoms with van der Waals surface area (Å²) in [5.74, 6) is -1.22. The molecule has 0 fully saturated rings. The van der Waals surface area contributed by atoms with Crippen LogP contribution < -0.4 is 0 Å². The molecule has 72 valence electrons. The summed E-state index contributed by atoms with van der Waals surface area (Å²) in [6.07, 6.45) is -1.26. The van der Waals surface area contributed by atoms with E-state index in [9.17, 15) is 13.2 Å². The summed E-state index contributed by atoms with van der Waals surface area (Å²) >= 11 is 1.07. The number of allylic oxidation sites excluding steroid dienone is 1. The zero-order chi connectivity index (χ0) is 9.68. The van der Waals surface area contributed by atoms with Crippen LogP contribution in [0.4, 0.5) is 13.2 Å². The third-order valence-electron chi connectivity index (χ3n) is 1.11. The summed E-state index contributed by atoms with van der Waals surface area (Å²) in [5, 5.41) is 6.90. The molecule has 3 nitrogen and oxygen atoms in total. The Morgan fingerprint density at radius 3 is 2.77 bits per heavy atom. The highest BCUT2D eigenvalue weighted by molar-refractivity contribution is 7.99. The van der Waals surface area contributed by atoms with Gasteiger partial charge in [-0.3, -0.25) is 0 Å². The number of hydrogen-bond donors (Lipinski definition) is 0. The van der Waals surface area contributed by atoms with E-state index in [1.54, 1.807) is 0 Å². The molecule has 0 saturated carbocycles. The summed E-state index contributed by atoms with van der Waals surface area (Å²) < 4.78 is 39.8. The predicted octanol–water partition coefficient (Wildman–Crippen LogP) is 2.63. The minimum atomic E-state index is -2.27. The normalized spacial score (nSPS) is 10.1. The van der Waals surface area contributed by atoms with Gasteiger partial charge in [0.15, 0.2) is 5.83 Å². The lowest BCUT2D eigenvalue weighted by molar-refractivity contribution is 0.331. The van der Waals surface area contributed by atoms with Crippen molar-refractivity contribution in [3.63, 3.8) is 0 Å². The fraction of sp³-hybridized carbons (Fsp3) is 0.333. The zero-order valence-electron chi connectivity index (χ0n) is 6.34. The first-order chi connectivity index (χ1) is 6.20. The van der Waals surface area contributed by atoms with Crippen molar-refractivity contribution < 1.29 is 17.7 Å². The maximum atomic E-state index is 12.2. The van der Waals surface area contributed by atoms with Crippen LogP contribution in [0.25, 0.3) is 0 Å². The topological polar surface area (TPSA) is 38.9 Å². The first kappa shape index (κ1) is 10.1. The minimum Gasteiger partial charge on any atom is -0.330 e. The molecule has 1 aromatic heterocycles. The molecule has 0 aliphatic heterocycles. The van der Waals surface area contributed by atoms with Gasteiger partial charge in [-0.1, -0.05) is 11.8 Å². The van der Waals surface area contributed by atoms with Gasteiger partial charge in [-0.25, -0.2) is 4.39 Å². The Labute approximate surface area is 76.0 Å². The lowest BCUT2D eigenvalue weighted by Crippen LogP contribution is -1.81. The van der Waals surface area contributed by atoms with E-state index < -0.39 is 11.9 Å². The molecule has 13 heavy (non-hydrogen) atoms. The standard InChI is InChI=1S/C6H5F3N2OS/c7-4(6(8)9)1-2-13-5-3-10-11-12-5/h3H,1-2H2. The molecule has 0 aliphatic carbocycles. The lowest BCUT2D eigenvalue weighted by Gasteiger charge is -1.93. The molecule has 0 atom stereocenters. The van der Waals surface area contributed by atoms with E-state index in [-0.39, 0.29) is 12.2 Å². The molecule has 7 heteroatoms. The molecule has 0 bridgehead atoms. The second-order valence-electron chi connectivity index (χ2n) is 2.00. The molecule has 0 spiro atoms. The Kier molecular flexibility index (Phi) is 3.81. The Morgan fingerprint density at radius 2 is 2.23 bits per heavy atom. The van der Waals surface area contributed by atoms with Gasteiger partial charge in [0.25, 0.3) is 0 Å². The van der Waals surface area contributed by atoms with Crippen molar-refractivity contribution in [1.29, 1.82) is 0 Å². The van der Waals surface area contributed by atoms with E-state index in [1.807, 2.05) is 0 Å². The minimum absolute atomic E-state index is 0.167. The molecule has 1 rings (SSSR count). The highest BCUT2D eigenvalue weighted by Gasteiger charge is 2.06. The highest BCUT2D eigenvalue weighted by atomic mass is 32.2. The monoisotopic (exact) mass is 210 g/mol. The summed E-state index contributed by atoms with van der Waals surface area (Å²) in [5.41, 5.74) is 0. The van der Waals surface area contributed by atoms with Crippen molar-refractivity contribution >= 4 is 11.8 Å².